The zero-order valence-electron chi connectivity index (χ0n) is 13.0. The van der Waals surface area contributed by atoms with Crippen molar-refractivity contribution >= 4 is 22.5 Å². The van der Waals surface area contributed by atoms with Crippen LogP contribution in [0.4, 0.5) is 0 Å². The van der Waals surface area contributed by atoms with E-state index in [2.05, 4.69) is 48.0 Å². The van der Waals surface area contributed by atoms with E-state index in [0.29, 0.717) is 0 Å². The minimum atomic E-state index is 0.868. The van der Waals surface area contributed by atoms with Crippen molar-refractivity contribution in [2.75, 3.05) is 25.7 Å². The number of ether oxygens (including phenoxy) is 1. The molecule has 2 aromatic rings. The molecule has 114 valence electrons. The third-order valence-electron chi connectivity index (χ3n) is 3.72. The van der Waals surface area contributed by atoms with E-state index in [1.807, 2.05) is 11.8 Å². The molecule has 0 fully saturated rings. The third-order valence-corrected chi connectivity index (χ3v) is 4.42. The number of hydrogen-bond acceptors (Lipinski definition) is 3. The summed E-state index contributed by atoms with van der Waals surface area (Å²) in [5, 5.41) is 6.12. The maximum absolute atomic E-state index is 5.52. The fourth-order valence-corrected chi connectivity index (χ4v) is 3.07. The normalized spacial score (nSPS) is 11.0. The van der Waals surface area contributed by atoms with Gasteiger partial charge in [0.1, 0.15) is 5.75 Å². The van der Waals surface area contributed by atoms with Gasteiger partial charge in [0.2, 0.25) is 0 Å². The average molecular weight is 303 g/mol. The van der Waals surface area contributed by atoms with E-state index in [0.717, 1.165) is 18.8 Å². The smallest absolute Gasteiger partial charge is 0.123 e. The van der Waals surface area contributed by atoms with Crippen LogP contribution in [-0.4, -0.2) is 25.7 Å². The summed E-state index contributed by atoms with van der Waals surface area (Å²) in [5.74, 6) is 2.25. The molecule has 0 amide bonds. The molecule has 1 N–H and O–H groups in total. The van der Waals surface area contributed by atoms with Gasteiger partial charge < -0.3 is 10.1 Å². The topological polar surface area (TPSA) is 21.3 Å². The van der Waals surface area contributed by atoms with E-state index >= 15 is 0 Å². The highest BCUT2D eigenvalue weighted by Crippen LogP contribution is 2.27. The molecule has 2 nitrogen and oxygen atoms in total. The van der Waals surface area contributed by atoms with Gasteiger partial charge in [-0.25, -0.2) is 0 Å². The first kappa shape index (κ1) is 16.2. The first-order chi connectivity index (χ1) is 10.4. The average Bonchev–Trinajstić information content (AvgIpc) is 2.54. The van der Waals surface area contributed by atoms with Crippen LogP contribution in [0.5, 0.6) is 5.75 Å². The number of methoxy groups -OCH3 is 1. The van der Waals surface area contributed by atoms with E-state index in [-0.39, 0.29) is 0 Å². The van der Waals surface area contributed by atoms with Crippen LogP contribution >= 0.6 is 11.8 Å². The Kier molecular flexibility index (Phi) is 6.90. The molecule has 0 aliphatic carbocycles. The fraction of sp³-hybridized carbons (Fsp3) is 0.444. The van der Waals surface area contributed by atoms with Gasteiger partial charge in [0.25, 0.3) is 0 Å². The Morgan fingerprint density at radius 2 is 1.90 bits per heavy atom. The van der Waals surface area contributed by atoms with Crippen LogP contribution in [0, 0.1) is 0 Å². The number of hydrogen-bond donors (Lipinski definition) is 1. The molecule has 0 bridgehead atoms. The number of unbranched alkanes of at least 4 members (excludes halogenated alkanes) is 2. The molecule has 0 saturated carbocycles. The van der Waals surface area contributed by atoms with Crippen molar-refractivity contribution in [3.63, 3.8) is 0 Å². The van der Waals surface area contributed by atoms with E-state index in [9.17, 15) is 0 Å². The second kappa shape index (κ2) is 8.96. The highest BCUT2D eigenvalue weighted by Gasteiger charge is 2.07. The van der Waals surface area contributed by atoms with Crippen LogP contribution in [0.25, 0.3) is 10.8 Å². The van der Waals surface area contributed by atoms with Gasteiger partial charge in [-0.3, -0.25) is 0 Å². The van der Waals surface area contributed by atoms with Crippen molar-refractivity contribution in [1.29, 1.82) is 0 Å². The first-order valence-corrected chi connectivity index (χ1v) is 9.00. The molecule has 2 aromatic carbocycles. The lowest BCUT2D eigenvalue weighted by Crippen LogP contribution is -2.15. The van der Waals surface area contributed by atoms with Crippen LogP contribution < -0.4 is 10.1 Å². The molecule has 0 spiro atoms. The lowest BCUT2D eigenvalue weighted by atomic mass is 10.0. The van der Waals surface area contributed by atoms with Gasteiger partial charge in [-0.15, -0.1) is 0 Å². The molecule has 0 radical (unpaired) electrons. The van der Waals surface area contributed by atoms with E-state index < -0.39 is 0 Å². The van der Waals surface area contributed by atoms with Gasteiger partial charge in [-0.2, -0.15) is 11.8 Å². The molecule has 0 aliphatic rings. The lowest BCUT2D eigenvalue weighted by Gasteiger charge is -2.13. The highest BCUT2D eigenvalue weighted by atomic mass is 32.2. The second-order valence-corrected chi connectivity index (χ2v) is 6.18. The first-order valence-electron chi connectivity index (χ1n) is 7.61. The molecule has 3 heteroatoms. The Bertz CT molecular complexity index is 556. The molecule has 0 heterocycles. The summed E-state index contributed by atoms with van der Waals surface area (Å²) >= 11 is 1.93. The van der Waals surface area contributed by atoms with E-state index in [4.69, 9.17) is 4.74 Å². The number of benzene rings is 2. The summed E-state index contributed by atoms with van der Waals surface area (Å²) in [6.45, 7) is 1.94. The Labute approximate surface area is 132 Å². The predicted molar refractivity (Wildman–Crippen MR) is 94.4 cm³/mol. The van der Waals surface area contributed by atoms with Crippen LogP contribution in [0.3, 0.4) is 0 Å². The predicted octanol–water partition coefficient (Wildman–Crippen LogP) is 4.47. The molecular weight excluding hydrogens is 278 g/mol. The summed E-state index contributed by atoms with van der Waals surface area (Å²) in [7, 11) is 1.75. The standard InChI is InChI=1S/C18H25NOS/c1-20-18-11-10-15-8-4-5-9-16(15)17(18)14-19-12-6-3-7-13-21-2/h4-5,8-11,19H,3,6-7,12-14H2,1-2H3. The van der Waals surface area contributed by atoms with Crippen molar-refractivity contribution in [1.82, 2.24) is 5.32 Å². The van der Waals surface area contributed by atoms with Gasteiger partial charge in [0, 0.05) is 12.1 Å². The Balaban J connectivity index is 1.94. The maximum atomic E-state index is 5.52. The lowest BCUT2D eigenvalue weighted by molar-refractivity contribution is 0.408. The van der Waals surface area contributed by atoms with Crippen LogP contribution in [-0.2, 0) is 6.54 Å². The molecule has 2 rings (SSSR count). The number of fused-ring (bicyclic) bond motifs is 1. The third kappa shape index (κ3) is 4.65. The maximum Gasteiger partial charge on any atom is 0.123 e. The summed E-state index contributed by atoms with van der Waals surface area (Å²) < 4.78 is 5.52. The van der Waals surface area contributed by atoms with Crippen LogP contribution in [0.15, 0.2) is 36.4 Å². The quantitative estimate of drug-likeness (QED) is 0.691. The summed E-state index contributed by atoms with van der Waals surface area (Å²) in [5.41, 5.74) is 1.26. The van der Waals surface area contributed by atoms with E-state index in [1.54, 1.807) is 7.11 Å². The monoisotopic (exact) mass is 303 g/mol. The van der Waals surface area contributed by atoms with Crippen LogP contribution in [0.2, 0.25) is 0 Å². The number of rotatable bonds is 9. The minimum Gasteiger partial charge on any atom is -0.496 e. The SMILES string of the molecule is COc1ccc2ccccc2c1CNCCCCCSC. The molecule has 21 heavy (non-hydrogen) atoms. The summed E-state index contributed by atoms with van der Waals surface area (Å²) in [6, 6.07) is 12.7. The van der Waals surface area contributed by atoms with Gasteiger partial charge >= 0.3 is 0 Å². The van der Waals surface area contributed by atoms with Gasteiger partial charge in [-0.05, 0) is 48.2 Å². The molecule has 0 saturated heterocycles. The number of thioether (sulfide) groups is 1. The summed E-state index contributed by atoms with van der Waals surface area (Å²) in [4.78, 5) is 0. The van der Waals surface area contributed by atoms with Crippen molar-refractivity contribution in [3.05, 3.63) is 42.0 Å². The van der Waals surface area contributed by atoms with Crippen molar-refractivity contribution < 1.29 is 4.74 Å². The Morgan fingerprint density at radius 3 is 2.71 bits per heavy atom. The Morgan fingerprint density at radius 1 is 1.05 bits per heavy atom. The minimum absolute atomic E-state index is 0.868. The molecule has 0 unspecified atom stereocenters. The van der Waals surface area contributed by atoms with Crippen LogP contribution in [0.1, 0.15) is 24.8 Å². The van der Waals surface area contributed by atoms with Crippen molar-refractivity contribution in [2.45, 2.75) is 25.8 Å². The zero-order valence-corrected chi connectivity index (χ0v) is 13.8. The molecule has 0 aliphatic heterocycles. The Hall–Kier alpha value is -1.19. The zero-order chi connectivity index (χ0) is 14.9. The molecule has 0 atom stereocenters. The largest absolute Gasteiger partial charge is 0.496 e. The van der Waals surface area contributed by atoms with Gasteiger partial charge in [0.05, 0.1) is 7.11 Å². The fourth-order valence-electron chi connectivity index (χ4n) is 2.58. The summed E-state index contributed by atoms with van der Waals surface area (Å²) in [6.07, 6.45) is 6.04. The number of nitrogens with one attached hydrogen (secondary N) is 1. The van der Waals surface area contributed by atoms with Crippen molar-refractivity contribution in [3.8, 4) is 5.75 Å². The van der Waals surface area contributed by atoms with Gasteiger partial charge in [-0.1, -0.05) is 36.8 Å². The molecule has 0 aromatic heterocycles. The second-order valence-electron chi connectivity index (χ2n) is 5.20. The molecular formula is C18H25NOS. The van der Waals surface area contributed by atoms with E-state index in [1.165, 1.54) is 41.4 Å². The van der Waals surface area contributed by atoms with Crippen molar-refractivity contribution in [2.24, 2.45) is 0 Å². The highest BCUT2D eigenvalue weighted by molar-refractivity contribution is 7.98. The van der Waals surface area contributed by atoms with Gasteiger partial charge in [0.15, 0.2) is 0 Å².